The van der Waals surface area contributed by atoms with E-state index in [9.17, 15) is 14.4 Å². The summed E-state index contributed by atoms with van der Waals surface area (Å²) in [5, 5.41) is 13.0. The van der Waals surface area contributed by atoms with Gasteiger partial charge in [0.1, 0.15) is 16.9 Å². The summed E-state index contributed by atoms with van der Waals surface area (Å²) in [7, 11) is 0. The first-order valence-corrected chi connectivity index (χ1v) is 9.60. The van der Waals surface area contributed by atoms with Gasteiger partial charge in [-0.3, -0.25) is 4.79 Å². The fourth-order valence-electron chi connectivity index (χ4n) is 2.80. The molecule has 6 heteroatoms. The number of rotatable bonds is 4. The molecule has 1 aliphatic carbocycles. The van der Waals surface area contributed by atoms with Gasteiger partial charge >= 0.3 is 0 Å². The van der Waals surface area contributed by atoms with Crippen LogP contribution in [0.15, 0.2) is 29.2 Å². The van der Waals surface area contributed by atoms with Crippen molar-refractivity contribution in [1.29, 1.82) is 5.26 Å². The highest BCUT2D eigenvalue weighted by molar-refractivity contribution is 8.00. The van der Waals surface area contributed by atoms with Crippen molar-refractivity contribution in [2.45, 2.75) is 31.1 Å². The number of carbonyl (C=O) groups excluding carboxylic acids is 1. The topological polar surface area (TPSA) is 52.9 Å². The van der Waals surface area contributed by atoms with Crippen LogP contribution in [0.1, 0.15) is 29.3 Å². The van der Waals surface area contributed by atoms with Gasteiger partial charge < -0.3 is 5.32 Å². The normalized spacial score (nSPS) is 16.3. The molecule has 0 saturated carbocycles. The van der Waals surface area contributed by atoms with E-state index in [1.807, 2.05) is 0 Å². The molecule has 124 valence electrons. The molecule has 1 amide bonds. The third kappa shape index (κ3) is 3.80. The quantitative estimate of drug-likeness (QED) is 0.810. The van der Waals surface area contributed by atoms with Gasteiger partial charge in [0.05, 0.1) is 11.3 Å². The minimum absolute atomic E-state index is 0.146. The number of fused-ring (bicyclic) bond motifs is 1. The van der Waals surface area contributed by atoms with Crippen LogP contribution in [-0.2, 0) is 17.6 Å². The standard InChI is InChI=1S/C18H17FN2OS2/c1-11-2-7-14-15(9-20)18(24-16(14)8-11)21-17(22)10-23-13-5-3-12(19)4-6-13/h3-6,11H,2,7-8,10H2,1H3,(H,21,22)/t11-/m1/s1. The highest BCUT2D eigenvalue weighted by atomic mass is 32.2. The van der Waals surface area contributed by atoms with Crippen LogP contribution in [0.4, 0.5) is 9.39 Å². The summed E-state index contributed by atoms with van der Waals surface area (Å²) >= 11 is 2.88. The number of nitrogens with zero attached hydrogens (tertiary/aromatic N) is 1. The average Bonchev–Trinajstić information content (AvgIpc) is 2.90. The van der Waals surface area contributed by atoms with Crippen molar-refractivity contribution in [3.05, 3.63) is 46.1 Å². The zero-order valence-electron chi connectivity index (χ0n) is 13.3. The van der Waals surface area contributed by atoms with Gasteiger partial charge in [-0.15, -0.1) is 23.1 Å². The van der Waals surface area contributed by atoms with Gasteiger partial charge in [-0.05, 0) is 55.0 Å². The number of thioether (sulfide) groups is 1. The molecule has 3 rings (SSSR count). The maximum absolute atomic E-state index is 12.9. The van der Waals surface area contributed by atoms with Gasteiger partial charge in [0.2, 0.25) is 5.91 Å². The highest BCUT2D eigenvalue weighted by Gasteiger charge is 2.24. The van der Waals surface area contributed by atoms with Crippen LogP contribution in [0, 0.1) is 23.1 Å². The second kappa shape index (κ2) is 7.37. The fraction of sp³-hybridized carbons (Fsp3) is 0.333. The lowest BCUT2D eigenvalue weighted by molar-refractivity contribution is -0.113. The van der Waals surface area contributed by atoms with Crippen molar-refractivity contribution in [2.24, 2.45) is 5.92 Å². The van der Waals surface area contributed by atoms with Crippen LogP contribution in [0.5, 0.6) is 0 Å². The number of hydrogen-bond donors (Lipinski definition) is 1. The number of halogens is 1. The molecule has 1 aliphatic rings. The number of benzene rings is 1. The first kappa shape index (κ1) is 17.0. The number of hydrogen-bond acceptors (Lipinski definition) is 4. The van der Waals surface area contributed by atoms with Crippen molar-refractivity contribution >= 4 is 34.0 Å². The monoisotopic (exact) mass is 360 g/mol. The Labute approximate surface area is 148 Å². The van der Waals surface area contributed by atoms with Crippen molar-refractivity contribution < 1.29 is 9.18 Å². The van der Waals surface area contributed by atoms with Gasteiger partial charge in [-0.1, -0.05) is 6.92 Å². The van der Waals surface area contributed by atoms with Crippen LogP contribution in [0.25, 0.3) is 0 Å². The molecule has 0 bridgehead atoms. The van der Waals surface area contributed by atoms with E-state index in [-0.39, 0.29) is 17.5 Å². The molecule has 1 N–H and O–H groups in total. The van der Waals surface area contributed by atoms with Crippen LogP contribution in [0.2, 0.25) is 0 Å². The summed E-state index contributed by atoms with van der Waals surface area (Å²) in [6.45, 7) is 2.21. The predicted octanol–water partition coefficient (Wildman–Crippen LogP) is 4.61. The molecule has 0 fully saturated rings. The molecule has 0 spiro atoms. The first-order valence-electron chi connectivity index (χ1n) is 7.79. The van der Waals surface area contributed by atoms with Crippen LogP contribution in [0.3, 0.4) is 0 Å². The lowest BCUT2D eigenvalue weighted by atomic mass is 9.89. The molecule has 0 radical (unpaired) electrons. The summed E-state index contributed by atoms with van der Waals surface area (Å²) in [5.41, 5.74) is 1.74. The molecule has 1 aromatic carbocycles. The van der Waals surface area contributed by atoms with Crippen molar-refractivity contribution in [3.8, 4) is 6.07 Å². The van der Waals surface area contributed by atoms with E-state index in [1.165, 1.54) is 40.1 Å². The van der Waals surface area contributed by atoms with Gasteiger partial charge in [0, 0.05) is 9.77 Å². The SMILES string of the molecule is C[C@@H]1CCc2c(sc(NC(=O)CSc3ccc(F)cc3)c2C#N)C1. The predicted molar refractivity (Wildman–Crippen MR) is 96.0 cm³/mol. The Kier molecular flexibility index (Phi) is 5.22. The minimum Gasteiger partial charge on any atom is -0.316 e. The van der Waals surface area contributed by atoms with Gasteiger partial charge in [-0.25, -0.2) is 4.39 Å². The molecule has 0 aliphatic heterocycles. The molecule has 0 unspecified atom stereocenters. The number of carbonyl (C=O) groups is 1. The number of nitrogens with one attached hydrogen (secondary N) is 1. The van der Waals surface area contributed by atoms with Gasteiger partial charge in [0.25, 0.3) is 0 Å². The summed E-state index contributed by atoms with van der Waals surface area (Å²) in [5.74, 6) is 0.420. The third-order valence-electron chi connectivity index (χ3n) is 4.06. The molecule has 3 nitrogen and oxygen atoms in total. The number of thiophene rings is 1. The summed E-state index contributed by atoms with van der Waals surface area (Å²) in [6, 6.07) is 8.31. The Morgan fingerprint density at radius 3 is 2.92 bits per heavy atom. The van der Waals surface area contributed by atoms with Crippen LogP contribution < -0.4 is 5.32 Å². The van der Waals surface area contributed by atoms with E-state index >= 15 is 0 Å². The van der Waals surface area contributed by atoms with Gasteiger partial charge in [-0.2, -0.15) is 5.26 Å². The average molecular weight is 360 g/mol. The van der Waals surface area contributed by atoms with Crippen molar-refractivity contribution in [1.82, 2.24) is 0 Å². The number of anilines is 1. The Hall–Kier alpha value is -1.84. The van der Waals surface area contributed by atoms with E-state index < -0.39 is 0 Å². The van der Waals surface area contributed by atoms with Crippen molar-refractivity contribution in [3.63, 3.8) is 0 Å². The van der Waals surface area contributed by atoms with E-state index in [2.05, 4.69) is 18.3 Å². The molecule has 24 heavy (non-hydrogen) atoms. The van der Waals surface area contributed by atoms with E-state index in [1.54, 1.807) is 12.1 Å². The van der Waals surface area contributed by atoms with Crippen molar-refractivity contribution in [2.75, 3.05) is 11.1 Å². The number of amides is 1. The third-order valence-corrected chi connectivity index (χ3v) is 6.24. The van der Waals surface area contributed by atoms with Gasteiger partial charge in [0.15, 0.2) is 0 Å². The zero-order valence-corrected chi connectivity index (χ0v) is 14.9. The van der Waals surface area contributed by atoms with E-state index in [0.29, 0.717) is 16.5 Å². The fourth-order valence-corrected chi connectivity index (χ4v) is 4.88. The Balaban J connectivity index is 1.66. The zero-order chi connectivity index (χ0) is 17.1. The van der Waals surface area contributed by atoms with E-state index in [4.69, 9.17) is 0 Å². The maximum Gasteiger partial charge on any atom is 0.235 e. The first-order chi connectivity index (χ1) is 11.6. The molecule has 1 atom stereocenters. The smallest absolute Gasteiger partial charge is 0.235 e. The van der Waals surface area contributed by atoms with E-state index in [0.717, 1.165) is 29.7 Å². The summed E-state index contributed by atoms with van der Waals surface area (Å²) in [4.78, 5) is 14.3. The largest absolute Gasteiger partial charge is 0.316 e. The molecule has 1 aromatic heterocycles. The minimum atomic E-state index is -0.291. The lowest BCUT2D eigenvalue weighted by Crippen LogP contribution is -2.14. The molecular formula is C18H17FN2OS2. The Bertz CT molecular complexity index is 793. The Morgan fingerprint density at radius 2 is 2.21 bits per heavy atom. The molecule has 2 aromatic rings. The number of nitriles is 1. The van der Waals surface area contributed by atoms with Crippen LogP contribution >= 0.6 is 23.1 Å². The lowest BCUT2D eigenvalue weighted by Gasteiger charge is -2.17. The second-order valence-corrected chi connectivity index (χ2v) is 8.11. The molecule has 1 heterocycles. The second-order valence-electron chi connectivity index (χ2n) is 5.96. The molecular weight excluding hydrogens is 343 g/mol. The molecule has 0 saturated heterocycles. The summed E-state index contributed by atoms with van der Waals surface area (Å²) < 4.78 is 12.9. The Morgan fingerprint density at radius 1 is 1.46 bits per heavy atom. The van der Waals surface area contributed by atoms with Crippen LogP contribution in [-0.4, -0.2) is 11.7 Å². The summed E-state index contributed by atoms with van der Waals surface area (Å²) in [6.07, 6.45) is 2.98. The maximum atomic E-state index is 12.9. The highest BCUT2D eigenvalue weighted by Crippen LogP contribution is 2.39.